The first-order valence-corrected chi connectivity index (χ1v) is 7.70. The Bertz CT molecular complexity index is 932. The van der Waals surface area contributed by atoms with Gasteiger partial charge in [0.05, 0.1) is 0 Å². The van der Waals surface area contributed by atoms with E-state index in [1.807, 2.05) is 54.6 Å². The summed E-state index contributed by atoms with van der Waals surface area (Å²) in [6.45, 7) is 0. The lowest BCUT2D eigenvalue weighted by Crippen LogP contribution is -2.14. The average molecular weight is 316 g/mol. The van der Waals surface area contributed by atoms with Crippen molar-refractivity contribution in [2.24, 2.45) is 0 Å². The monoisotopic (exact) mass is 316 g/mol. The summed E-state index contributed by atoms with van der Waals surface area (Å²) in [5.41, 5.74) is 7.64. The highest BCUT2D eigenvalue weighted by atomic mass is 16.6. The predicted octanol–water partition coefficient (Wildman–Crippen LogP) is 4.26. The lowest BCUT2D eigenvalue weighted by molar-refractivity contribution is 0.239. The summed E-state index contributed by atoms with van der Waals surface area (Å²) in [5.74, 6) is 1.76. The van der Waals surface area contributed by atoms with Crippen molar-refractivity contribution in [3.05, 3.63) is 84.2 Å². The third-order valence-electron chi connectivity index (χ3n) is 3.84. The number of nitrogens with one attached hydrogen (secondary N) is 2. The van der Waals surface area contributed by atoms with Crippen molar-refractivity contribution >= 4 is 22.9 Å². The van der Waals surface area contributed by atoms with Crippen molar-refractivity contribution in [1.82, 2.24) is 11.0 Å². The van der Waals surface area contributed by atoms with Crippen molar-refractivity contribution in [2.45, 2.75) is 0 Å². The zero-order chi connectivity index (χ0) is 16.2. The van der Waals surface area contributed by atoms with Gasteiger partial charge in [-0.25, -0.2) is 11.0 Å². The number of hydrogen-bond donors (Lipinski definition) is 2. The third-order valence-corrected chi connectivity index (χ3v) is 3.84. The van der Waals surface area contributed by atoms with Crippen LogP contribution in [0.25, 0.3) is 22.9 Å². The molecule has 0 radical (unpaired) electrons. The molecule has 4 nitrogen and oxygen atoms in total. The summed E-state index contributed by atoms with van der Waals surface area (Å²) in [5, 5.41) is 2.46. The van der Waals surface area contributed by atoms with E-state index >= 15 is 0 Å². The van der Waals surface area contributed by atoms with Crippen molar-refractivity contribution in [1.29, 1.82) is 0 Å². The van der Waals surface area contributed by atoms with Crippen LogP contribution in [0.1, 0.15) is 11.1 Å². The van der Waals surface area contributed by atoms with Gasteiger partial charge in [0.1, 0.15) is 0 Å². The van der Waals surface area contributed by atoms with Crippen molar-refractivity contribution < 1.29 is 9.68 Å². The molecule has 3 aromatic carbocycles. The molecule has 0 atom stereocenters. The number of rotatable bonds is 0. The first-order valence-electron chi connectivity index (χ1n) is 7.70. The third kappa shape index (κ3) is 2.77. The van der Waals surface area contributed by atoms with Gasteiger partial charge in [0.25, 0.3) is 0 Å². The summed E-state index contributed by atoms with van der Waals surface area (Å²) in [6, 6.07) is 20.2. The molecule has 0 aliphatic carbocycles. The summed E-state index contributed by atoms with van der Waals surface area (Å²) in [4.78, 5) is 10.4. The molecule has 24 heavy (non-hydrogen) atoms. The topological polar surface area (TPSA) is 42.5 Å². The molecule has 118 valence electrons. The molecule has 2 aliphatic heterocycles. The van der Waals surface area contributed by atoms with Crippen LogP contribution in [0.4, 0.5) is 0 Å². The van der Waals surface area contributed by atoms with Crippen molar-refractivity contribution in [3.63, 3.8) is 0 Å². The van der Waals surface area contributed by atoms with Crippen LogP contribution in [0, 0.1) is 0 Å². The maximum Gasteiger partial charge on any atom is 0.162 e. The molecule has 0 bridgehead atoms. The van der Waals surface area contributed by atoms with E-state index < -0.39 is 0 Å². The summed E-state index contributed by atoms with van der Waals surface area (Å²) < 4.78 is 0. The first kappa shape index (κ1) is 14.2. The van der Waals surface area contributed by atoms with E-state index in [2.05, 4.69) is 29.2 Å². The van der Waals surface area contributed by atoms with Gasteiger partial charge in [0.15, 0.2) is 11.5 Å². The van der Waals surface area contributed by atoms with Crippen LogP contribution >= 0.6 is 0 Å². The summed E-state index contributed by atoms with van der Waals surface area (Å²) in [6.07, 6.45) is 7.57. The zero-order valence-electron chi connectivity index (χ0n) is 12.9. The van der Waals surface area contributed by atoms with Crippen molar-refractivity contribution in [2.75, 3.05) is 0 Å². The second-order valence-corrected chi connectivity index (χ2v) is 5.34. The van der Waals surface area contributed by atoms with E-state index in [0.717, 1.165) is 22.6 Å². The maximum atomic E-state index is 5.29. The molecule has 4 heteroatoms. The van der Waals surface area contributed by atoms with E-state index in [1.54, 1.807) is 12.4 Å². The van der Waals surface area contributed by atoms with Crippen LogP contribution in [0.5, 0.6) is 11.5 Å². The van der Waals surface area contributed by atoms with Crippen LogP contribution in [0.15, 0.2) is 73.1 Å². The minimum atomic E-state index is 0.880. The SMILES string of the molecule is C1=Cc2c(ccc3ccccc23)ON1.C1=Cc2ccccc2ON1. The lowest BCUT2D eigenvalue weighted by Gasteiger charge is -2.14. The number of hydrogen-bond acceptors (Lipinski definition) is 4. The highest BCUT2D eigenvalue weighted by Gasteiger charge is 2.08. The van der Waals surface area contributed by atoms with Gasteiger partial charge in [0.2, 0.25) is 0 Å². The largest absolute Gasteiger partial charge is 0.382 e. The Balaban J connectivity index is 0.000000129. The molecule has 0 spiro atoms. The van der Waals surface area contributed by atoms with Crippen LogP contribution in [0.2, 0.25) is 0 Å². The molecular weight excluding hydrogens is 300 g/mol. The molecule has 0 saturated heterocycles. The molecule has 0 unspecified atom stereocenters. The number of hydroxylamine groups is 2. The summed E-state index contributed by atoms with van der Waals surface area (Å²) >= 11 is 0. The quantitative estimate of drug-likeness (QED) is 0.650. The van der Waals surface area contributed by atoms with Crippen LogP contribution in [-0.2, 0) is 0 Å². The summed E-state index contributed by atoms with van der Waals surface area (Å²) in [7, 11) is 0. The smallest absolute Gasteiger partial charge is 0.162 e. The van der Waals surface area contributed by atoms with Gasteiger partial charge in [-0.2, -0.15) is 0 Å². The molecule has 0 amide bonds. The molecule has 0 saturated carbocycles. The van der Waals surface area contributed by atoms with Gasteiger partial charge in [-0.05, 0) is 35.1 Å². The number of fused-ring (bicyclic) bond motifs is 4. The minimum Gasteiger partial charge on any atom is -0.382 e. The molecule has 0 fully saturated rings. The zero-order valence-corrected chi connectivity index (χ0v) is 12.9. The fourth-order valence-electron chi connectivity index (χ4n) is 2.68. The Morgan fingerprint density at radius 2 is 1.38 bits per heavy atom. The Morgan fingerprint density at radius 3 is 2.29 bits per heavy atom. The molecule has 2 heterocycles. The Kier molecular flexibility index (Phi) is 3.78. The van der Waals surface area contributed by atoms with Gasteiger partial charge >= 0.3 is 0 Å². The van der Waals surface area contributed by atoms with Crippen LogP contribution in [0.3, 0.4) is 0 Å². The molecule has 3 aromatic rings. The number of para-hydroxylation sites is 1. The molecule has 5 rings (SSSR count). The number of benzene rings is 3. The van der Waals surface area contributed by atoms with E-state index in [0.29, 0.717) is 0 Å². The maximum absolute atomic E-state index is 5.29. The van der Waals surface area contributed by atoms with Crippen molar-refractivity contribution in [3.8, 4) is 11.5 Å². The van der Waals surface area contributed by atoms with E-state index in [9.17, 15) is 0 Å². The standard InChI is InChI=1S/C12H9NO.C8H7NO/c1-2-4-10-9(3-1)5-6-12-11(10)7-8-13-14-12;1-2-4-8-7(3-1)5-6-9-10-8/h1-8,13H;1-6,9H. The Morgan fingerprint density at radius 1 is 0.625 bits per heavy atom. The van der Waals surface area contributed by atoms with Crippen LogP contribution in [-0.4, -0.2) is 0 Å². The van der Waals surface area contributed by atoms with Gasteiger partial charge in [0, 0.05) is 23.5 Å². The van der Waals surface area contributed by atoms with Gasteiger partial charge < -0.3 is 9.68 Å². The Hall–Kier alpha value is -3.40. The Labute approximate surface area is 139 Å². The highest BCUT2D eigenvalue weighted by molar-refractivity contribution is 5.93. The fraction of sp³-hybridized carbons (Fsp3) is 0. The average Bonchev–Trinajstić information content (AvgIpc) is 2.68. The minimum absolute atomic E-state index is 0.880. The van der Waals surface area contributed by atoms with E-state index in [-0.39, 0.29) is 0 Å². The van der Waals surface area contributed by atoms with Gasteiger partial charge in [-0.1, -0.05) is 48.5 Å². The molecule has 2 N–H and O–H groups in total. The highest BCUT2D eigenvalue weighted by Crippen LogP contribution is 2.30. The van der Waals surface area contributed by atoms with Crippen LogP contribution < -0.4 is 20.6 Å². The normalized spacial score (nSPS) is 13.2. The second-order valence-electron chi connectivity index (χ2n) is 5.34. The first-order chi connectivity index (χ1) is 11.9. The molecule has 2 aliphatic rings. The molecule has 0 aromatic heterocycles. The van der Waals surface area contributed by atoms with E-state index in [1.165, 1.54) is 10.8 Å². The predicted molar refractivity (Wildman–Crippen MR) is 96.0 cm³/mol. The van der Waals surface area contributed by atoms with Gasteiger partial charge in [-0.3, -0.25) is 0 Å². The molecular formula is C20H16N2O2. The lowest BCUT2D eigenvalue weighted by atomic mass is 10.0. The van der Waals surface area contributed by atoms with Gasteiger partial charge in [-0.15, -0.1) is 0 Å². The fourth-order valence-corrected chi connectivity index (χ4v) is 2.68. The second kappa shape index (κ2) is 6.38. The van der Waals surface area contributed by atoms with E-state index in [4.69, 9.17) is 9.68 Å².